The maximum absolute atomic E-state index is 14.4. The van der Waals surface area contributed by atoms with Gasteiger partial charge in [0.1, 0.15) is 5.52 Å². The Kier molecular flexibility index (Phi) is 3.00. The number of nitrogens with one attached hydrogen (secondary N) is 1. The summed E-state index contributed by atoms with van der Waals surface area (Å²) in [6, 6.07) is 12.4. The molecule has 0 saturated carbocycles. The average Bonchev–Trinajstić information content (AvgIpc) is 3.18. The number of aromatic amines is 1. The summed E-state index contributed by atoms with van der Waals surface area (Å²) >= 11 is 0. The van der Waals surface area contributed by atoms with E-state index in [9.17, 15) is 9.18 Å². The van der Waals surface area contributed by atoms with E-state index in [2.05, 4.69) is 20.4 Å². The zero-order chi connectivity index (χ0) is 15.8. The predicted molar refractivity (Wildman–Crippen MR) is 79.1 cm³/mol. The molecule has 0 aliphatic carbocycles. The third-order valence-corrected chi connectivity index (χ3v) is 3.41. The van der Waals surface area contributed by atoms with Gasteiger partial charge in [0, 0.05) is 11.1 Å². The Balaban J connectivity index is 1.67. The summed E-state index contributed by atoms with van der Waals surface area (Å²) in [6.45, 7) is 0.0921. The van der Waals surface area contributed by atoms with Gasteiger partial charge in [-0.2, -0.15) is 4.80 Å². The van der Waals surface area contributed by atoms with E-state index in [0.717, 1.165) is 5.56 Å². The number of benzene rings is 2. The second kappa shape index (κ2) is 5.16. The van der Waals surface area contributed by atoms with Crippen LogP contribution in [0.15, 0.2) is 51.7 Å². The lowest BCUT2D eigenvalue weighted by Gasteiger charge is -2.01. The monoisotopic (exact) mass is 311 g/mol. The summed E-state index contributed by atoms with van der Waals surface area (Å²) in [5.74, 6) is -0.794. The Hall–Kier alpha value is -3.29. The van der Waals surface area contributed by atoms with Gasteiger partial charge in [0.05, 0.1) is 6.54 Å². The van der Waals surface area contributed by atoms with Gasteiger partial charge in [-0.15, -0.1) is 10.2 Å². The molecule has 2 heterocycles. The minimum atomic E-state index is -0.693. The first-order valence-electron chi connectivity index (χ1n) is 6.84. The fourth-order valence-corrected chi connectivity index (χ4v) is 2.32. The van der Waals surface area contributed by atoms with Crippen molar-refractivity contribution in [3.05, 3.63) is 64.4 Å². The molecule has 0 aliphatic rings. The first-order valence-corrected chi connectivity index (χ1v) is 6.84. The maximum Gasteiger partial charge on any atom is 0.417 e. The Labute approximate surface area is 128 Å². The van der Waals surface area contributed by atoms with E-state index in [1.54, 1.807) is 0 Å². The van der Waals surface area contributed by atoms with Crippen LogP contribution in [0.3, 0.4) is 0 Å². The molecule has 0 radical (unpaired) electrons. The molecule has 4 aromatic rings. The second-order valence-corrected chi connectivity index (χ2v) is 4.94. The van der Waals surface area contributed by atoms with Crippen LogP contribution in [0.25, 0.3) is 22.5 Å². The van der Waals surface area contributed by atoms with Gasteiger partial charge in [-0.05, 0) is 11.3 Å². The molecule has 0 amide bonds. The lowest BCUT2D eigenvalue weighted by Crippen LogP contribution is -2.06. The van der Waals surface area contributed by atoms with Crippen molar-refractivity contribution in [2.45, 2.75) is 6.54 Å². The van der Waals surface area contributed by atoms with E-state index in [0.29, 0.717) is 11.4 Å². The fraction of sp³-hybridized carbons (Fsp3) is 0.0667. The quantitative estimate of drug-likeness (QED) is 0.624. The molecule has 23 heavy (non-hydrogen) atoms. The second-order valence-electron chi connectivity index (χ2n) is 4.94. The van der Waals surface area contributed by atoms with Crippen LogP contribution in [-0.2, 0) is 6.54 Å². The van der Waals surface area contributed by atoms with Crippen molar-refractivity contribution in [3.8, 4) is 11.4 Å². The molecule has 0 unspecified atom stereocenters. The van der Waals surface area contributed by atoms with Gasteiger partial charge in [-0.1, -0.05) is 36.4 Å². The largest absolute Gasteiger partial charge is 0.417 e. The average molecular weight is 311 g/mol. The Morgan fingerprint density at radius 1 is 1.17 bits per heavy atom. The van der Waals surface area contributed by atoms with Crippen LogP contribution < -0.4 is 5.76 Å². The number of halogens is 1. The molecule has 7 nitrogen and oxygen atoms in total. The van der Waals surface area contributed by atoms with Crippen molar-refractivity contribution in [2.24, 2.45) is 0 Å². The molecule has 1 N–H and O–H groups in total. The molecule has 2 aromatic heterocycles. The zero-order valence-corrected chi connectivity index (χ0v) is 11.7. The van der Waals surface area contributed by atoms with Crippen molar-refractivity contribution >= 4 is 11.1 Å². The van der Waals surface area contributed by atoms with Gasteiger partial charge in [-0.25, -0.2) is 9.18 Å². The minimum Gasteiger partial charge on any atom is -0.408 e. The van der Waals surface area contributed by atoms with Crippen LogP contribution in [-0.4, -0.2) is 25.2 Å². The van der Waals surface area contributed by atoms with Crippen LogP contribution in [0.1, 0.15) is 5.56 Å². The smallest absolute Gasteiger partial charge is 0.408 e. The van der Waals surface area contributed by atoms with Crippen molar-refractivity contribution in [3.63, 3.8) is 0 Å². The van der Waals surface area contributed by atoms with Gasteiger partial charge in [-0.3, -0.25) is 4.98 Å². The van der Waals surface area contributed by atoms with Crippen molar-refractivity contribution in [2.75, 3.05) is 0 Å². The number of rotatable bonds is 3. The Bertz CT molecular complexity index is 1030. The first kappa shape index (κ1) is 13.4. The summed E-state index contributed by atoms with van der Waals surface area (Å²) in [6.07, 6.45) is 0. The number of hydrogen-bond donors (Lipinski definition) is 1. The van der Waals surface area contributed by atoms with Gasteiger partial charge in [0.2, 0.25) is 5.82 Å². The van der Waals surface area contributed by atoms with Gasteiger partial charge >= 0.3 is 5.76 Å². The lowest BCUT2D eigenvalue weighted by molar-refractivity contribution is 0.541. The Morgan fingerprint density at radius 3 is 2.83 bits per heavy atom. The van der Waals surface area contributed by atoms with Crippen molar-refractivity contribution in [1.29, 1.82) is 0 Å². The lowest BCUT2D eigenvalue weighted by atomic mass is 10.2. The highest BCUT2D eigenvalue weighted by Gasteiger charge is 2.13. The highest BCUT2D eigenvalue weighted by atomic mass is 19.1. The van der Waals surface area contributed by atoms with Crippen LogP contribution in [0.4, 0.5) is 4.39 Å². The predicted octanol–water partition coefficient (Wildman–Crippen LogP) is 1.96. The summed E-state index contributed by atoms with van der Waals surface area (Å²) in [4.78, 5) is 14.8. The number of aromatic nitrogens is 5. The van der Waals surface area contributed by atoms with Crippen LogP contribution >= 0.6 is 0 Å². The van der Waals surface area contributed by atoms with E-state index in [1.807, 2.05) is 30.3 Å². The van der Waals surface area contributed by atoms with Crippen molar-refractivity contribution < 1.29 is 8.81 Å². The molecule has 0 aliphatic heterocycles. The third-order valence-electron chi connectivity index (χ3n) is 3.41. The van der Waals surface area contributed by atoms with Gasteiger partial charge in [0.25, 0.3) is 0 Å². The normalized spacial score (nSPS) is 11.2. The molecule has 114 valence electrons. The zero-order valence-electron chi connectivity index (χ0n) is 11.7. The standard InChI is InChI=1S/C15H10FN5O2/c16-12-10(6-7-11-13(12)17-15(22)23-11)8-21-19-14(18-20-21)9-4-2-1-3-5-9/h1-7H,8H2,(H,17,22). The molecule has 0 atom stereocenters. The number of H-pyrrole nitrogens is 1. The van der Waals surface area contributed by atoms with Crippen LogP contribution in [0.5, 0.6) is 0 Å². The Morgan fingerprint density at radius 2 is 2.00 bits per heavy atom. The van der Waals surface area contributed by atoms with E-state index in [-0.39, 0.29) is 17.6 Å². The van der Waals surface area contributed by atoms with E-state index in [4.69, 9.17) is 4.42 Å². The number of fused-ring (bicyclic) bond motifs is 1. The minimum absolute atomic E-state index is 0.0379. The van der Waals surface area contributed by atoms with Crippen molar-refractivity contribution in [1.82, 2.24) is 25.2 Å². The highest BCUT2D eigenvalue weighted by molar-refractivity contribution is 5.73. The third kappa shape index (κ3) is 2.39. The SMILES string of the molecule is O=c1[nH]c2c(F)c(Cn3nnc(-c4ccccc4)n3)ccc2o1. The van der Waals surface area contributed by atoms with Gasteiger partial charge < -0.3 is 4.42 Å². The summed E-state index contributed by atoms with van der Waals surface area (Å²) < 4.78 is 19.2. The molecular formula is C15H10FN5O2. The maximum atomic E-state index is 14.4. The van der Waals surface area contributed by atoms with Crippen LogP contribution in [0.2, 0.25) is 0 Å². The molecule has 0 spiro atoms. The summed E-state index contributed by atoms with van der Waals surface area (Å²) in [7, 11) is 0. The first-order chi connectivity index (χ1) is 11.2. The molecule has 2 aromatic carbocycles. The molecule has 4 rings (SSSR count). The van der Waals surface area contributed by atoms with Crippen LogP contribution in [0, 0.1) is 5.82 Å². The molecule has 8 heteroatoms. The number of tetrazole rings is 1. The fourth-order valence-electron chi connectivity index (χ4n) is 2.32. The van der Waals surface area contributed by atoms with E-state index >= 15 is 0 Å². The highest BCUT2D eigenvalue weighted by Crippen LogP contribution is 2.19. The molecule has 0 saturated heterocycles. The number of nitrogens with zero attached hydrogens (tertiary/aromatic N) is 4. The van der Waals surface area contributed by atoms with Gasteiger partial charge in [0.15, 0.2) is 11.4 Å². The topological polar surface area (TPSA) is 89.6 Å². The number of hydrogen-bond acceptors (Lipinski definition) is 5. The van der Waals surface area contributed by atoms with E-state index in [1.165, 1.54) is 16.9 Å². The number of oxazole rings is 1. The van der Waals surface area contributed by atoms with E-state index < -0.39 is 11.6 Å². The summed E-state index contributed by atoms with van der Waals surface area (Å²) in [5, 5.41) is 12.1. The molecule has 0 fully saturated rings. The molecule has 0 bridgehead atoms. The summed E-state index contributed by atoms with van der Waals surface area (Å²) in [5.41, 5.74) is 1.36. The molecular weight excluding hydrogens is 301 g/mol.